The predicted octanol–water partition coefficient (Wildman–Crippen LogP) is 17.5. The van der Waals surface area contributed by atoms with Crippen LogP contribution in [-0.4, -0.2) is 0 Å². The van der Waals surface area contributed by atoms with Gasteiger partial charge in [0.2, 0.25) is 0 Å². The van der Waals surface area contributed by atoms with E-state index in [1.807, 2.05) is 11.3 Å². The van der Waals surface area contributed by atoms with E-state index < -0.39 is 0 Å². The smallest absolute Gasteiger partial charge is 0.0540 e. The number of hydrogen-bond acceptors (Lipinski definition) is 2. The van der Waals surface area contributed by atoms with Gasteiger partial charge in [-0.25, -0.2) is 0 Å². The molecule has 1 heterocycles. The lowest BCUT2D eigenvalue weighted by atomic mass is 9.88. The van der Waals surface area contributed by atoms with Gasteiger partial charge in [0.25, 0.3) is 0 Å². The molecule has 11 rings (SSSR count). The van der Waals surface area contributed by atoms with E-state index in [0.717, 1.165) is 22.6 Å². The second-order valence-corrected chi connectivity index (χ2v) is 16.7. The van der Waals surface area contributed by atoms with Gasteiger partial charge in [-0.15, -0.1) is 11.3 Å². The van der Waals surface area contributed by atoms with E-state index in [9.17, 15) is 0 Å². The maximum absolute atomic E-state index is 2.42. The minimum Gasteiger partial charge on any atom is -0.310 e. The number of nitrogens with zero attached hydrogens (tertiary/aromatic N) is 1. The Balaban J connectivity index is 1.03. The fourth-order valence-electron chi connectivity index (χ4n) is 8.88. The number of para-hydroxylation sites is 1. The summed E-state index contributed by atoms with van der Waals surface area (Å²) >= 11 is 1.86. The molecule has 0 saturated heterocycles. The topological polar surface area (TPSA) is 3.24 Å². The lowest BCUT2D eigenvalue weighted by Crippen LogP contribution is -2.11. The molecule has 62 heavy (non-hydrogen) atoms. The van der Waals surface area contributed by atoms with E-state index in [0.29, 0.717) is 0 Å². The van der Waals surface area contributed by atoms with Crippen LogP contribution in [0.1, 0.15) is 0 Å². The molecule has 10 aromatic carbocycles. The Labute approximate surface area is 367 Å². The zero-order chi connectivity index (χ0) is 41.2. The molecule has 0 radical (unpaired) electrons. The van der Waals surface area contributed by atoms with Crippen molar-refractivity contribution < 1.29 is 0 Å². The van der Waals surface area contributed by atoms with Gasteiger partial charge in [-0.05, 0) is 110 Å². The van der Waals surface area contributed by atoms with Gasteiger partial charge in [-0.2, -0.15) is 0 Å². The highest BCUT2D eigenvalue weighted by molar-refractivity contribution is 7.25. The highest BCUT2D eigenvalue weighted by Gasteiger charge is 2.20. The average Bonchev–Trinajstić information content (AvgIpc) is 3.73. The van der Waals surface area contributed by atoms with Crippen LogP contribution in [0.3, 0.4) is 0 Å². The number of rotatable bonds is 9. The van der Waals surface area contributed by atoms with Crippen LogP contribution in [0.2, 0.25) is 0 Å². The SMILES string of the molecule is c1ccc(-c2cccc(-c3ccc(N(c4ccc(-c5ccc6c(c5)sc5ccccc56)cc4)c4ccccc4-c4ccccc4-c4ccccc4-c4ccccc4)cc3)c2)cc1. The maximum Gasteiger partial charge on any atom is 0.0540 e. The summed E-state index contributed by atoms with van der Waals surface area (Å²) in [5.41, 5.74) is 17.6. The molecule has 2 heteroatoms. The Morgan fingerprint density at radius 2 is 0.661 bits per heavy atom. The molecular formula is C60H41NS. The minimum atomic E-state index is 1.09. The molecule has 0 unspecified atom stereocenters. The first-order valence-corrected chi connectivity index (χ1v) is 22.0. The van der Waals surface area contributed by atoms with Crippen molar-refractivity contribution in [3.05, 3.63) is 249 Å². The molecule has 1 aromatic heterocycles. The summed E-state index contributed by atoms with van der Waals surface area (Å²) in [6.45, 7) is 0. The van der Waals surface area contributed by atoms with E-state index in [2.05, 4.69) is 254 Å². The monoisotopic (exact) mass is 807 g/mol. The van der Waals surface area contributed by atoms with E-state index >= 15 is 0 Å². The summed E-state index contributed by atoms with van der Waals surface area (Å²) in [6, 6.07) is 90.3. The molecule has 0 atom stereocenters. The van der Waals surface area contributed by atoms with Gasteiger partial charge in [0.15, 0.2) is 0 Å². The van der Waals surface area contributed by atoms with Gasteiger partial charge in [0, 0.05) is 37.1 Å². The number of fused-ring (bicyclic) bond motifs is 3. The Bertz CT molecular complexity index is 3330. The highest BCUT2D eigenvalue weighted by atomic mass is 32.1. The molecule has 11 aromatic rings. The van der Waals surface area contributed by atoms with E-state index in [1.54, 1.807) is 0 Å². The third-order valence-electron chi connectivity index (χ3n) is 11.9. The summed E-state index contributed by atoms with van der Waals surface area (Å²) in [7, 11) is 0. The molecule has 0 saturated carbocycles. The van der Waals surface area contributed by atoms with E-state index in [4.69, 9.17) is 0 Å². The van der Waals surface area contributed by atoms with Crippen LogP contribution in [0.15, 0.2) is 249 Å². The van der Waals surface area contributed by atoms with Crippen LogP contribution in [0.4, 0.5) is 17.1 Å². The highest BCUT2D eigenvalue weighted by Crippen LogP contribution is 2.46. The van der Waals surface area contributed by atoms with Crippen molar-refractivity contribution in [1.82, 2.24) is 0 Å². The molecule has 0 bridgehead atoms. The average molecular weight is 808 g/mol. The van der Waals surface area contributed by atoms with Crippen molar-refractivity contribution in [2.75, 3.05) is 4.90 Å². The fourth-order valence-corrected chi connectivity index (χ4v) is 10.0. The van der Waals surface area contributed by atoms with Gasteiger partial charge in [0.1, 0.15) is 0 Å². The molecule has 0 fully saturated rings. The van der Waals surface area contributed by atoms with Crippen molar-refractivity contribution in [3.63, 3.8) is 0 Å². The van der Waals surface area contributed by atoms with Crippen LogP contribution in [0.25, 0.3) is 86.9 Å². The number of anilines is 3. The third kappa shape index (κ3) is 7.07. The molecule has 0 aliphatic carbocycles. The van der Waals surface area contributed by atoms with Gasteiger partial charge >= 0.3 is 0 Å². The van der Waals surface area contributed by atoms with Crippen molar-refractivity contribution >= 4 is 48.6 Å². The molecule has 292 valence electrons. The van der Waals surface area contributed by atoms with Crippen molar-refractivity contribution in [3.8, 4) is 66.8 Å². The first-order chi connectivity index (χ1) is 30.7. The first kappa shape index (κ1) is 37.2. The second-order valence-electron chi connectivity index (χ2n) is 15.7. The molecule has 0 aliphatic rings. The van der Waals surface area contributed by atoms with Crippen LogP contribution < -0.4 is 4.90 Å². The molecule has 0 amide bonds. The molecule has 0 spiro atoms. The lowest BCUT2D eigenvalue weighted by Gasteiger charge is -2.29. The lowest BCUT2D eigenvalue weighted by molar-refractivity contribution is 1.28. The molecule has 1 nitrogen and oxygen atoms in total. The van der Waals surface area contributed by atoms with Crippen LogP contribution in [-0.2, 0) is 0 Å². The van der Waals surface area contributed by atoms with Crippen molar-refractivity contribution in [1.29, 1.82) is 0 Å². The van der Waals surface area contributed by atoms with Crippen LogP contribution >= 0.6 is 11.3 Å². The first-order valence-electron chi connectivity index (χ1n) is 21.2. The Morgan fingerprint density at radius 1 is 0.242 bits per heavy atom. The van der Waals surface area contributed by atoms with Gasteiger partial charge in [-0.3, -0.25) is 0 Å². The third-order valence-corrected chi connectivity index (χ3v) is 13.1. The summed E-state index contributed by atoms with van der Waals surface area (Å²) in [6.07, 6.45) is 0. The van der Waals surface area contributed by atoms with Crippen LogP contribution in [0, 0.1) is 0 Å². The Kier molecular flexibility index (Phi) is 9.82. The van der Waals surface area contributed by atoms with Crippen molar-refractivity contribution in [2.24, 2.45) is 0 Å². The summed E-state index contributed by atoms with van der Waals surface area (Å²) in [5.74, 6) is 0. The maximum atomic E-state index is 2.42. The zero-order valence-electron chi connectivity index (χ0n) is 34.0. The molecule has 0 N–H and O–H groups in total. The standard InChI is InChI=1S/C60H41NS/c1-3-16-42(17-4-1)46-20-15-21-47(40-46)43-30-35-49(36-31-43)61(50-37-32-44(33-38-50)48-34-39-57-56-27-12-14-29-59(56)62-60(57)41-48)58-28-13-11-26-55(58)54-25-10-9-24-53(54)52-23-8-7-22-51(52)45-18-5-2-6-19-45/h1-41H. The number of hydrogen-bond donors (Lipinski definition) is 0. The predicted molar refractivity (Wildman–Crippen MR) is 267 cm³/mol. The Hall–Kier alpha value is -7.78. The Morgan fingerprint density at radius 3 is 1.31 bits per heavy atom. The largest absolute Gasteiger partial charge is 0.310 e. The number of thiophene rings is 1. The quantitative estimate of drug-likeness (QED) is 0.140. The minimum absolute atomic E-state index is 1.09. The van der Waals surface area contributed by atoms with Gasteiger partial charge in [-0.1, -0.05) is 200 Å². The molecular weight excluding hydrogens is 767 g/mol. The van der Waals surface area contributed by atoms with Gasteiger partial charge < -0.3 is 4.90 Å². The molecule has 0 aliphatic heterocycles. The van der Waals surface area contributed by atoms with Crippen molar-refractivity contribution in [2.45, 2.75) is 0 Å². The van der Waals surface area contributed by atoms with E-state index in [1.165, 1.54) is 81.4 Å². The summed E-state index contributed by atoms with van der Waals surface area (Å²) < 4.78 is 2.63. The van der Waals surface area contributed by atoms with E-state index in [-0.39, 0.29) is 0 Å². The normalized spacial score (nSPS) is 11.2. The fraction of sp³-hybridized carbons (Fsp3) is 0. The second kappa shape index (κ2) is 16.3. The van der Waals surface area contributed by atoms with Gasteiger partial charge in [0.05, 0.1) is 5.69 Å². The summed E-state index contributed by atoms with van der Waals surface area (Å²) in [4.78, 5) is 2.42. The summed E-state index contributed by atoms with van der Waals surface area (Å²) in [5, 5.41) is 2.64. The zero-order valence-corrected chi connectivity index (χ0v) is 34.8. The van der Waals surface area contributed by atoms with Crippen LogP contribution in [0.5, 0.6) is 0 Å². The number of benzene rings is 10.